The number of aliphatic carboxylic acids is 1. The van der Waals surface area contributed by atoms with Crippen molar-refractivity contribution in [1.82, 2.24) is 0 Å². The molecule has 77 heavy (non-hydrogen) atoms. The van der Waals surface area contributed by atoms with Gasteiger partial charge in [0.2, 0.25) is 0 Å². The van der Waals surface area contributed by atoms with Crippen molar-refractivity contribution in [2.75, 3.05) is 47.5 Å². The van der Waals surface area contributed by atoms with Crippen LogP contribution in [0.4, 0.5) is 0 Å². The van der Waals surface area contributed by atoms with E-state index in [4.69, 9.17) is 18.9 Å². The number of carboxylic acids is 1. The second-order valence-corrected chi connectivity index (χ2v) is 21.3. The standard InChI is InChI=1S/C68H113NO8/c1-6-8-10-12-14-16-18-19-20-21-22-23-24-25-26-27-28-29-30-31-32-33-34-35-36-37-38-39-40-41-42-43-44-45-46-47-49-51-53-55-57-59-66(71)77-64(63-76-68(67(72)73)74-61-60-69(3,4)5)62-75-65(70)58-56-54-52-50-48-17-15-13-11-9-7-2/h8,10,13-16,19-20,22-23,25-26,28-29,31-32,34-35,37-38,64,68H,6-7,9,11-12,17-18,21,24,27,30,33,36,39-63H2,1-5H3/p+1/b10-8-,15-13-,16-14-,20-19-,23-22-,26-25-,29-28-,32-31-,35-34-,38-37-. The number of hydrogen-bond acceptors (Lipinski definition) is 7. The fourth-order valence-corrected chi connectivity index (χ4v) is 7.99. The number of unbranched alkanes of at least 4 members (excludes halogenated alkanes) is 20. The van der Waals surface area contributed by atoms with E-state index in [9.17, 15) is 19.5 Å². The smallest absolute Gasteiger partial charge is 0.361 e. The minimum atomic E-state index is -1.52. The van der Waals surface area contributed by atoms with Crippen LogP contribution in [0, 0.1) is 0 Å². The van der Waals surface area contributed by atoms with Crippen LogP contribution in [0.2, 0.25) is 0 Å². The number of carboxylic acid groups (broad SMARTS) is 1. The lowest BCUT2D eigenvalue weighted by molar-refractivity contribution is -0.870. The van der Waals surface area contributed by atoms with Gasteiger partial charge in [0.15, 0.2) is 6.10 Å². The second-order valence-electron chi connectivity index (χ2n) is 21.3. The van der Waals surface area contributed by atoms with Crippen LogP contribution in [0.1, 0.15) is 232 Å². The van der Waals surface area contributed by atoms with Gasteiger partial charge in [-0.2, -0.15) is 0 Å². The van der Waals surface area contributed by atoms with Crippen LogP contribution in [0.25, 0.3) is 0 Å². The summed E-state index contributed by atoms with van der Waals surface area (Å²) in [5.74, 6) is -2.03. The van der Waals surface area contributed by atoms with Gasteiger partial charge in [-0.15, -0.1) is 0 Å². The highest BCUT2D eigenvalue weighted by Crippen LogP contribution is 2.15. The summed E-state index contributed by atoms with van der Waals surface area (Å²) < 4.78 is 22.8. The highest BCUT2D eigenvalue weighted by molar-refractivity contribution is 5.71. The van der Waals surface area contributed by atoms with E-state index in [1.165, 1.54) is 77.0 Å². The molecule has 0 spiro atoms. The topological polar surface area (TPSA) is 108 Å². The van der Waals surface area contributed by atoms with Crippen molar-refractivity contribution in [2.45, 2.75) is 245 Å². The Morgan fingerprint density at radius 1 is 0.403 bits per heavy atom. The first-order valence-electron chi connectivity index (χ1n) is 30.7. The van der Waals surface area contributed by atoms with E-state index in [0.29, 0.717) is 17.4 Å². The monoisotopic (exact) mass is 1070 g/mol. The number of nitrogens with zero attached hydrogens (tertiary/aromatic N) is 1. The van der Waals surface area contributed by atoms with Gasteiger partial charge in [0, 0.05) is 12.8 Å². The lowest BCUT2D eigenvalue weighted by Crippen LogP contribution is -2.40. The maximum atomic E-state index is 12.9. The molecule has 0 saturated carbocycles. The number of carbonyl (C=O) groups excluding carboxylic acids is 2. The number of hydrogen-bond donors (Lipinski definition) is 1. The molecular weight excluding hydrogens is 959 g/mol. The molecule has 0 aliphatic heterocycles. The summed E-state index contributed by atoms with van der Waals surface area (Å²) in [4.78, 5) is 37.3. The van der Waals surface area contributed by atoms with Gasteiger partial charge in [0.05, 0.1) is 34.4 Å². The van der Waals surface area contributed by atoms with E-state index in [1.807, 2.05) is 21.1 Å². The molecule has 0 aromatic carbocycles. The Balaban J connectivity index is 4.05. The van der Waals surface area contributed by atoms with Crippen LogP contribution < -0.4 is 0 Å². The number of esters is 2. The third-order valence-electron chi connectivity index (χ3n) is 12.7. The summed E-state index contributed by atoms with van der Waals surface area (Å²) >= 11 is 0. The van der Waals surface area contributed by atoms with Crippen LogP contribution >= 0.6 is 0 Å². The zero-order chi connectivity index (χ0) is 56.2. The highest BCUT2D eigenvalue weighted by atomic mass is 16.7. The quantitative estimate of drug-likeness (QED) is 0.0211. The van der Waals surface area contributed by atoms with Crippen molar-refractivity contribution in [3.8, 4) is 0 Å². The third kappa shape index (κ3) is 59.2. The van der Waals surface area contributed by atoms with E-state index in [-0.39, 0.29) is 38.6 Å². The zero-order valence-electron chi connectivity index (χ0n) is 49.8. The lowest BCUT2D eigenvalue weighted by Gasteiger charge is -2.25. The first-order chi connectivity index (χ1) is 37.6. The summed E-state index contributed by atoms with van der Waals surface area (Å²) in [5, 5.41) is 9.68. The molecule has 0 aliphatic rings. The number of likely N-dealkylation sites (N-methyl/N-ethyl adjacent to an activating group) is 1. The van der Waals surface area contributed by atoms with Gasteiger partial charge < -0.3 is 28.5 Å². The van der Waals surface area contributed by atoms with Crippen molar-refractivity contribution in [3.63, 3.8) is 0 Å². The molecule has 0 amide bonds. The molecule has 0 heterocycles. The third-order valence-corrected chi connectivity index (χ3v) is 12.7. The normalized spacial score (nSPS) is 13.6. The fraction of sp³-hybridized carbons (Fsp3) is 0.662. The van der Waals surface area contributed by atoms with Crippen molar-refractivity contribution >= 4 is 17.9 Å². The summed E-state index contributed by atoms with van der Waals surface area (Å²) in [6.07, 6.45) is 78.8. The molecule has 0 saturated heterocycles. The summed E-state index contributed by atoms with van der Waals surface area (Å²) in [6, 6.07) is 0. The molecule has 9 heteroatoms. The number of rotatable bonds is 55. The first kappa shape index (κ1) is 72.7. The van der Waals surface area contributed by atoms with Crippen molar-refractivity contribution < 1.29 is 42.9 Å². The van der Waals surface area contributed by atoms with Crippen LogP contribution in [0.5, 0.6) is 0 Å². The van der Waals surface area contributed by atoms with Gasteiger partial charge in [-0.1, -0.05) is 238 Å². The van der Waals surface area contributed by atoms with Crippen LogP contribution in [0.3, 0.4) is 0 Å². The van der Waals surface area contributed by atoms with Gasteiger partial charge in [-0.25, -0.2) is 4.79 Å². The number of allylic oxidation sites excluding steroid dienone is 20. The van der Waals surface area contributed by atoms with E-state index in [0.717, 1.165) is 122 Å². The van der Waals surface area contributed by atoms with Crippen LogP contribution in [-0.2, 0) is 33.3 Å². The van der Waals surface area contributed by atoms with Crippen molar-refractivity contribution in [3.05, 3.63) is 122 Å². The van der Waals surface area contributed by atoms with Crippen molar-refractivity contribution in [2.24, 2.45) is 0 Å². The molecule has 0 rings (SSSR count). The Labute approximate surface area is 472 Å². The molecule has 0 fully saturated rings. The molecular formula is C68H114NO8+. The average molecular weight is 1070 g/mol. The molecule has 0 aromatic rings. The largest absolute Gasteiger partial charge is 0.477 e. The Bertz CT molecular complexity index is 1670. The highest BCUT2D eigenvalue weighted by Gasteiger charge is 2.25. The zero-order valence-corrected chi connectivity index (χ0v) is 49.8. The molecule has 0 bridgehead atoms. The second kappa shape index (κ2) is 57.9. The van der Waals surface area contributed by atoms with Crippen molar-refractivity contribution in [1.29, 1.82) is 0 Å². The number of carbonyl (C=O) groups is 3. The Morgan fingerprint density at radius 3 is 1.12 bits per heavy atom. The molecule has 2 atom stereocenters. The summed E-state index contributed by atoms with van der Waals surface area (Å²) in [7, 11) is 5.96. The SMILES string of the molecule is CC/C=C\C/C=C\C/C=C\C/C=C\C/C=C\C/C=C\C/C=C\C/C=C\C/C=C\CCCCCCCCCCCCCCCC(=O)OC(COC(=O)CCCCCCC/C=C\CCCC)COC(OCC[N+](C)(C)C)C(=O)O. The lowest BCUT2D eigenvalue weighted by atomic mass is 10.0. The van der Waals surface area contributed by atoms with Crippen LogP contribution in [-0.4, -0.2) is 87.4 Å². The number of ether oxygens (including phenoxy) is 4. The van der Waals surface area contributed by atoms with Gasteiger partial charge in [0.1, 0.15) is 13.2 Å². The Kier molecular flexibility index (Phi) is 54.6. The molecule has 0 aromatic heterocycles. The van der Waals surface area contributed by atoms with E-state index in [1.54, 1.807) is 0 Å². The minimum Gasteiger partial charge on any atom is -0.477 e. The van der Waals surface area contributed by atoms with Gasteiger partial charge in [-0.3, -0.25) is 9.59 Å². The fourth-order valence-electron chi connectivity index (χ4n) is 7.99. The van der Waals surface area contributed by atoms with Gasteiger partial charge >= 0.3 is 17.9 Å². The molecule has 9 nitrogen and oxygen atoms in total. The average Bonchev–Trinajstić information content (AvgIpc) is 3.40. The van der Waals surface area contributed by atoms with Crippen LogP contribution in [0.15, 0.2) is 122 Å². The Hall–Kier alpha value is -4.31. The molecule has 1 N–H and O–H groups in total. The maximum absolute atomic E-state index is 12.9. The predicted octanol–water partition coefficient (Wildman–Crippen LogP) is 18.5. The van der Waals surface area contributed by atoms with E-state index >= 15 is 0 Å². The number of quaternary nitrogens is 1. The molecule has 2 unspecified atom stereocenters. The van der Waals surface area contributed by atoms with E-state index in [2.05, 4.69) is 135 Å². The van der Waals surface area contributed by atoms with Gasteiger partial charge in [0.25, 0.3) is 6.29 Å². The summed E-state index contributed by atoms with van der Waals surface area (Å²) in [5.41, 5.74) is 0. The molecule has 0 aliphatic carbocycles. The first-order valence-corrected chi connectivity index (χ1v) is 30.7. The van der Waals surface area contributed by atoms with Gasteiger partial charge in [-0.05, 0) is 103 Å². The van der Waals surface area contributed by atoms with E-state index < -0.39 is 24.3 Å². The maximum Gasteiger partial charge on any atom is 0.361 e. The predicted molar refractivity (Wildman–Crippen MR) is 327 cm³/mol. The summed E-state index contributed by atoms with van der Waals surface area (Å²) in [6.45, 7) is 4.70. The Morgan fingerprint density at radius 2 is 0.740 bits per heavy atom. The molecule has 0 radical (unpaired) electrons. The minimum absolute atomic E-state index is 0.182. The molecule has 438 valence electrons.